The number of benzene rings is 1. The molecule has 0 aliphatic carbocycles. The van der Waals surface area contributed by atoms with Crippen molar-refractivity contribution in [3.63, 3.8) is 0 Å². The number of likely N-dealkylation sites (N-methyl/N-ethyl adjacent to an activating group) is 3. The quantitative estimate of drug-likeness (QED) is 0.155. The van der Waals surface area contributed by atoms with Crippen molar-refractivity contribution in [2.45, 2.75) is 144 Å². The minimum absolute atomic E-state index is 0.00361. The molecule has 2 rings (SSSR count). The molecule has 19 nitrogen and oxygen atoms in total. The Bertz CT molecular complexity index is 1920. The van der Waals surface area contributed by atoms with Gasteiger partial charge >= 0.3 is 17.9 Å². The molecule has 1 aromatic carbocycles. The van der Waals surface area contributed by atoms with Crippen LogP contribution in [0.3, 0.4) is 0 Å². The lowest BCUT2D eigenvalue weighted by Crippen LogP contribution is -2.63. The number of cyclic esters (lactones) is 2. The van der Waals surface area contributed by atoms with Gasteiger partial charge in [-0.25, -0.2) is 9.59 Å². The Balaban J connectivity index is 2.92. The van der Waals surface area contributed by atoms with Crippen molar-refractivity contribution in [1.29, 1.82) is 0 Å². The average molecular weight is 929 g/mol. The Labute approximate surface area is 389 Å². The standard InChI is InChI=1S/C47H72N6O13/c1-24(2)27(7)22-35(55)65-39(25(3)4)36-45(60)53(15)38(31(11)63-16)47(62)66-40(26(5)6)37(49-32(12)54)46(61)64-34(23-33-20-18-17-19-21-33)44(59)52(14)29(9)41(56)48-28(8)43(58)51(13)30(10)42(57)50-36/h17-21,24-28,30-31,34,36-40H,9,22-23H2,1-8,10-16H3,(H,48,56)(H,49,54)(H,50,57)/t27-,28-,30-,31+,34+,36-,37-,38-,39+,40+/m0/s1. The van der Waals surface area contributed by atoms with Crippen LogP contribution in [0.2, 0.25) is 0 Å². The van der Waals surface area contributed by atoms with Gasteiger partial charge in [0.15, 0.2) is 18.2 Å². The number of hydrogen-bond acceptors (Lipinski definition) is 13. The molecule has 0 bridgehead atoms. The molecule has 368 valence electrons. The van der Waals surface area contributed by atoms with Crippen molar-refractivity contribution in [1.82, 2.24) is 30.7 Å². The summed E-state index contributed by atoms with van der Waals surface area (Å²) in [4.78, 5) is 129. The second kappa shape index (κ2) is 25.2. The number of esters is 3. The van der Waals surface area contributed by atoms with Crippen LogP contribution in [0.4, 0.5) is 0 Å². The predicted molar refractivity (Wildman–Crippen MR) is 242 cm³/mol. The molecule has 1 aromatic rings. The van der Waals surface area contributed by atoms with Gasteiger partial charge in [0.1, 0.15) is 36.0 Å². The van der Waals surface area contributed by atoms with Gasteiger partial charge in [-0.05, 0) is 50.0 Å². The van der Waals surface area contributed by atoms with Crippen molar-refractivity contribution in [2.75, 3.05) is 28.3 Å². The molecular formula is C47H72N6O13. The Kier molecular flexibility index (Phi) is 21.5. The Morgan fingerprint density at radius 1 is 0.803 bits per heavy atom. The second-order valence-electron chi connectivity index (χ2n) is 18.0. The number of nitrogens with one attached hydrogen (secondary N) is 3. The van der Waals surface area contributed by atoms with Crippen LogP contribution in [0.5, 0.6) is 0 Å². The van der Waals surface area contributed by atoms with Gasteiger partial charge < -0.3 is 49.6 Å². The summed E-state index contributed by atoms with van der Waals surface area (Å²) in [5.74, 6) is -9.30. The van der Waals surface area contributed by atoms with Gasteiger partial charge in [0, 0.05) is 48.0 Å². The highest BCUT2D eigenvalue weighted by atomic mass is 16.6. The SMILES string of the molecule is C=C1C(=O)N[C@@H](C)C(=O)N(C)[C@@H](C)C(=O)N[C@@H]([C@H](OC(=O)C[C@H](C)C(C)C)C(C)C)C(=O)N(C)[C@@H]([C@@H](C)OC)C(=O)O[C@H](C(C)C)[C@H](NC(C)=O)C(=O)O[C@H](Cc2ccccc2)C(=O)N1C. The van der Waals surface area contributed by atoms with Crippen LogP contribution in [-0.4, -0.2) is 151 Å². The van der Waals surface area contributed by atoms with Gasteiger partial charge in [-0.1, -0.05) is 85.4 Å². The van der Waals surface area contributed by atoms with E-state index in [4.69, 9.17) is 18.9 Å². The van der Waals surface area contributed by atoms with E-state index in [0.717, 1.165) is 21.6 Å². The van der Waals surface area contributed by atoms with E-state index in [1.807, 2.05) is 20.8 Å². The zero-order chi connectivity index (χ0) is 50.5. The zero-order valence-corrected chi connectivity index (χ0v) is 41.2. The van der Waals surface area contributed by atoms with E-state index in [-0.39, 0.29) is 24.7 Å². The van der Waals surface area contributed by atoms with Gasteiger partial charge in [-0.2, -0.15) is 0 Å². The summed E-state index contributed by atoms with van der Waals surface area (Å²) >= 11 is 0. The highest BCUT2D eigenvalue weighted by Crippen LogP contribution is 2.24. The third kappa shape index (κ3) is 15.1. The minimum Gasteiger partial charge on any atom is -0.459 e. The van der Waals surface area contributed by atoms with Gasteiger partial charge in [-0.15, -0.1) is 0 Å². The largest absolute Gasteiger partial charge is 0.459 e. The lowest BCUT2D eigenvalue weighted by molar-refractivity contribution is -0.176. The first-order valence-corrected chi connectivity index (χ1v) is 22.2. The molecule has 66 heavy (non-hydrogen) atoms. The van der Waals surface area contributed by atoms with Crippen LogP contribution in [0.1, 0.15) is 88.1 Å². The Morgan fingerprint density at radius 2 is 1.39 bits per heavy atom. The van der Waals surface area contributed by atoms with Crippen molar-refractivity contribution >= 4 is 53.4 Å². The minimum atomic E-state index is -1.72. The molecule has 10 atom stereocenters. The first-order valence-electron chi connectivity index (χ1n) is 22.2. The van der Waals surface area contributed by atoms with Crippen molar-refractivity contribution < 1.29 is 62.1 Å². The van der Waals surface area contributed by atoms with Crippen LogP contribution in [0, 0.1) is 23.7 Å². The molecule has 0 radical (unpaired) electrons. The molecule has 1 aliphatic rings. The van der Waals surface area contributed by atoms with Gasteiger partial charge in [-0.3, -0.25) is 33.6 Å². The van der Waals surface area contributed by atoms with Crippen LogP contribution in [0.25, 0.3) is 0 Å². The summed E-state index contributed by atoms with van der Waals surface area (Å²) < 4.78 is 23.4. The summed E-state index contributed by atoms with van der Waals surface area (Å²) in [5, 5.41) is 7.65. The Hall–Kier alpha value is -5.85. The fourth-order valence-electron chi connectivity index (χ4n) is 7.02. The number of rotatable bonds is 12. The third-order valence-corrected chi connectivity index (χ3v) is 11.9. The van der Waals surface area contributed by atoms with Gasteiger partial charge in [0.2, 0.25) is 23.6 Å². The highest BCUT2D eigenvalue weighted by molar-refractivity contribution is 6.01. The molecule has 3 N–H and O–H groups in total. The average Bonchev–Trinajstić information content (AvgIpc) is 3.25. The van der Waals surface area contributed by atoms with Crippen LogP contribution in [0.15, 0.2) is 42.6 Å². The molecule has 19 heteroatoms. The van der Waals surface area contributed by atoms with E-state index in [1.54, 1.807) is 58.0 Å². The molecular weight excluding hydrogens is 857 g/mol. The maximum absolute atomic E-state index is 14.9. The maximum atomic E-state index is 14.9. The van der Waals surface area contributed by atoms with Gasteiger partial charge in [0.05, 0.1) is 6.10 Å². The first kappa shape index (κ1) is 56.3. The van der Waals surface area contributed by atoms with E-state index in [1.165, 1.54) is 49.0 Å². The molecule has 1 aliphatic heterocycles. The van der Waals surface area contributed by atoms with E-state index < -0.39 is 126 Å². The van der Waals surface area contributed by atoms with Crippen LogP contribution in [-0.2, 0) is 68.5 Å². The lowest BCUT2D eigenvalue weighted by Gasteiger charge is -2.38. The predicted octanol–water partition coefficient (Wildman–Crippen LogP) is 2.15. The summed E-state index contributed by atoms with van der Waals surface area (Å²) in [6.07, 6.45) is -5.72. The fourth-order valence-corrected chi connectivity index (χ4v) is 7.02. The normalized spacial score (nSPS) is 25.3. The molecule has 1 heterocycles. The van der Waals surface area contributed by atoms with Gasteiger partial charge in [0.25, 0.3) is 11.8 Å². The number of ether oxygens (including phenoxy) is 4. The third-order valence-electron chi connectivity index (χ3n) is 11.9. The zero-order valence-electron chi connectivity index (χ0n) is 41.2. The monoisotopic (exact) mass is 929 g/mol. The van der Waals surface area contributed by atoms with Crippen LogP contribution < -0.4 is 16.0 Å². The topological polar surface area (TPSA) is 236 Å². The number of hydrogen-bond donors (Lipinski definition) is 3. The summed E-state index contributed by atoms with van der Waals surface area (Å²) in [5.41, 5.74) is 0.122. The molecule has 0 saturated carbocycles. The molecule has 0 unspecified atom stereocenters. The summed E-state index contributed by atoms with van der Waals surface area (Å²) in [7, 11) is 5.08. The van der Waals surface area contributed by atoms with Crippen molar-refractivity contribution in [3.05, 3.63) is 48.2 Å². The Morgan fingerprint density at radius 3 is 1.91 bits per heavy atom. The second-order valence-corrected chi connectivity index (χ2v) is 18.0. The highest BCUT2D eigenvalue weighted by Gasteiger charge is 2.46. The molecule has 1 saturated heterocycles. The summed E-state index contributed by atoms with van der Waals surface area (Å²) in [6.45, 7) is 21.4. The molecule has 6 amide bonds. The lowest BCUT2D eigenvalue weighted by atomic mass is 9.94. The molecule has 1 fully saturated rings. The summed E-state index contributed by atoms with van der Waals surface area (Å²) in [6, 6.07) is 0.960. The van der Waals surface area contributed by atoms with E-state index in [0.29, 0.717) is 5.56 Å². The number of carbonyl (C=O) groups excluding carboxylic acids is 9. The van der Waals surface area contributed by atoms with E-state index in [2.05, 4.69) is 22.5 Å². The number of nitrogens with zero attached hydrogens (tertiary/aromatic N) is 3. The van der Waals surface area contributed by atoms with Crippen LogP contribution >= 0.6 is 0 Å². The van der Waals surface area contributed by atoms with Crippen molar-refractivity contribution in [3.8, 4) is 0 Å². The van der Waals surface area contributed by atoms with Crippen molar-refractivity contribution in [2.24, 2.45) is 23.7 Å². The maximum Gasteiger partial charge on any atom is 0.333 e. The number of amides is 6. The number of methoxy groups -OCH3 is 1. The smallest absolute Gasteiger partial charge is 0.333 e. The van der Waals surface area contributed by atoms with E-state index in [9.17, 15) is 43.2 Å². The molecule has 0 aromatic heterocycles. The molecule has 0 spiro atoms. The first-order chi connectivity index (χ1) is 30.7. The van der Waals surface area contributed by atoms with E-state index >= 15 is 0 Å². The number of carbonyl (C=O) groups is 9. The fraction of sp³-hybridized carbons (Fsp3) is 0.638.